The van der Waals surface area contributed by atoms with Gasteiger partial charge in [-0.15, -0.1) is 11.3 Å². The number of aromatic nitrogens is 1. The normalized spacial score (nSPS) is 21.3. The van der Waals surface area contributed by atoms with Gasteiger partial charge in [-0.05, 0) is 59.9 Å². The van der Waals surface area contributed by atoms with E-state index in [1.54, 1.807) is 36.8 Å². The fourth-order valence-corrected chi connectivity index (χ4v) is 6.42. The number of rotatable bonds is 5. The average Bonchev–Trinajstić information content (AvgIpc) is 3.38. The second kappa shape index (κ2) is 8.60. The SMILES string of the molecule is COc1ccc(NC(=O)c2csc(NC(=O)C3(C)CC4c5ccccc5C3c3ccccc34)n2)cc1. The van der Waals surface area contributed by atoms with E-state index in [0.29, 0.717) is 16.6 Å². The van der Waals surface area contributed by atoms with Gasteiger partial charge in [0, 0.05) is 22.9 Å². The highest BCUT2D eigenvalue weighted by Crippen LogP contribution is 2.61. The molecule has 180 valence electrons. The predicted molar refractivity (Wildman–Crippen MR) is 141 cm³/mol. The van der Waals surface area contributed by atoms with Gasteiger partial charge >= 0.3 is 0 Å². The number of ether oxygens (including phenoxy) is 1. The van der Waals surface area contributed by atoms with Crippen LogP contribution in [0.25, 0.3) is 0 Å². The van der Waals surface area contributed by atoms with Crippen molar-refractivity contribution in [2.75, 3.05) is 17.7 Å². The van der Waals surface area contributed by atoms with Crippen LogP contribution in [0.3, 0.4) is 0 Å². The minimum Gasteiger partial charge on any atom is -0.497 e. The molecule has 1 aromatic heterocycles. The molecule has 1 atom stereocenters. The number of fused-ring (bicyclic) bond motifs is 1. The zero-order valence-electron chi connectivity index (χ0n) is 19.9. The summed E-state index contributed by atoms with van der Waals surface area (Å²) in [5, 5.41) is 7.93. The largest absolute Gasteiger partial charge is 0.497 e. The van der Waals surface area contributed by atoms with Crippen molar-refractivity contribution in [1.29, 1.82) is 0 Å². The number of benzene rings is 3. The number of carbonyl (C=O) groups excluding carboxylic acids is 2. The third-order valence-corrected chi connectivity index (χ3v) is 8.21. The maximum absolute atomic E-state index is 13.8. The molecule has 2 N–H and O–H groups in total. The van der Waals surface area contributed by atoms with E-state index < -0.39 is 5.41 Å². The lowest BCUT2D eigenvalue weighted by Gasteiger charge is -2.50. The van der Waals surface area contributed by atoms with Crippen molar-refractivity contribution in [2.24, 2.45) is 5.41 Å². The monoisotopic (exact) mass is 495 g/mol. The number of hydrogen-bond donors (Lipinski definition) is 2. The maximum Gasteiger partial charge on any atom is 0.275 e. The molecule has 0 radical (unpaired) electrons. The van der Waals surface area contributed by atoms with E-state index in [1.165, 1.54) is 33.6 Å². The standard InChI is InChI=1S/C29H25N3O3S/c1-29(15-23-19-7-3-5-9-21(19)25(29)22-10-6-4-8-20(22)23)27(34)32-28-31-24(16-36-28)26(33)30-17-11-13-18(35-2)14-12-17/h3-14,16,23,25H,15H2,1-2H3,(H,30,33)(H,31,32,34). The molecule has 0 aliphatic heterocycles. The Kier molecular flexibility index (Phi) is 5.38. The molecular weight excluding hydrogens is 470 g/mol. The van der Waals surface area contributed by atoms with Gasteiger partial charge in [0.1, 0.15) is 11.4 Å². The van der Waals surface area contributed by atoms with Crippen LogP contribution in [0.4, 0.5) is 10.8 Å². The van der Waals surface area contributed by atoms with Crippen molar-refractivity contribution in [1.82, 2.24) is 4.98 Å². The molecule has 0 fully saturated rings. The van der Waals surface area contributed by atoms with E-state index in [0.717, 1.165) is 6.42 Å². The summed E-state index contributed by atoms with van der Waals surface area (Å²) in [4.78, 5) is 30.9. The minimum absolute atomic E-state index is 0.0345. The molecule has 4 aromatic rings. The van der Waals surface area contributed by atoms with Crippen LogP contribution in [-0.2, 0) is 4.79 Å². The van der Waals surface area contributed by atoms with Crippen LogP contribution < -0.4 is 15.4 Å². The highest BCUT2D eigenvalue weighted by atomic mass is 32.1. The second-order valence-electron chi connectivity index (χ2n) is 9.54. The number of thiazole rings is 1. The summed E-state index contributed by atoms with van der Waals surface area (Å²) in [5.74, 6) is 0.454. The molecule has 0 saturated carbocycles. The van der Waals surface area contributed by atoms with Crippen molar-refractivity contribution in [3.63, 3.8) is 0 Å². The molecule has 2 amide bonds. The molecule has 7 rings (SSSR count). The van der Waals surface area contributed by atoms with Crippen LogP contribution in [-0.4, -0.2) is 23.9 Å². The number of carbonyl (C=O) groups is 2. The minimum atomic E-state index is -0.634. The van der Waals surface area contributed by atoms with E-state index >= 15 is 0 Å². The quantitative estimate of drug-likeness (QED) is 0.354. The van der Waals surface area contributed by atoms with E-state index in [4.69, 9.17) is 4.74 Å². The number of nitrogens with zero attached hydrogens (tertiary/aromatic N) is 1. The Morgan fingerprint density at radius 3 is 2.14 bits per heavy atom. The molecule has 3 aliphatic carbocycles. The molecule has 36 heavy (non-hydrogen) atoms. The Hall–Kier alpha value is -3.97. The number of hydrogen-bond acceptors (Lipinski definition) is 5. The van der Waals surface area contributed by atoms with Gasteiger partial charge in [0.25, 0.3) is 5.91 Å². The van der Waals surface area contributed by atoms with Crippen LogP contribution in [0.5, 0.6) is 5.75 Å². The summed E-state index contributed by atoms with van der Waals surface area (Å²) in [6.07, 6.45) is 0.730. The Balaban J connectivity index is 1.23. The first-order valence-corrected chi connectivity index (χ1v) is 12.8. The van der Waals surface area contributed by atoms with Gasteiger partial charge in [-0.3, -0.25) is 9.59 Å². The van der Waals surface area contributed by atoms with E-state index in [-0.39, 0.29) is 29.3 Å². The van der Waals surface area contributed by atoms with Crippen molar-refractivity contribution >= 4 is 34.0 Å². The van der Waals surface area contributed by atoms with Gasteiger partial charge in [-0.1, -0.05) is 48.5 Å². The number of nitrogens with one attached hydrogen (secondary N) is 2. The average molecular weight is 496 g/mol. The molecule has 6 nitrogen and oxygen atoms in total. The van der Waals surface area contributed by atoms with Crippen molar-refractivity contribution in [3.8, 4) is 5.75 Å². The fourth-order valence-electron chi connectivity index (χ4n) is 5.73. The molecule has 0 saturated heterocycles. The topological polar surface area (TPSA) is 80.3 Å². The molecule has 3 aromatic carbocycles. The third kappa shape index (κ3) is 3.58. The zero-order chi connectivity index (χ0) is 24.9. The van der Waals surface area contributed by atoms with Crippen molar-refractivity contribution in [3.05, 3.63) is 106 Å². The van der Waals surface area contributed by atoms with Crippen LogP contribution in [0.15, 0.2) is 78.2 Å². The van der Waals surface area contributed by atoms with E-state index in [2.05, 4.69) is 71.1 Å². The smallest absolute Gasteiger partial charge is 0.275 e. The van der Waals surface area contributed by atoms with Gasteiger partial charge < -0.3 is 15.4 Å². The molecular formula is C29H25N3O3S. The number of methoxy groups -OCH3 is 1. The number of amides is 2. The Bertz CT molecular complexity index is 1430. The van der Waals surface area contributed by atoms with Crippen LogP contribution in [0.2, 0.25) is 0 Å². The second-order valence-corrected chi connectivity index (χ2v) is 10.4. The van der Waals surface area contributed by atoms with Crippen LogP contribution in [0, 0.1) is 5.41 Å². The van der Waals surface area contributed by atoms with Gasteiger partial charge in [0.2, 0.25) is 5.91 Å². The van der Waals surface area contributed by atoms with Crippen molar-refractivity contribution < 1.29 is 14.3 Å². The first-order chi connectivity index (χ1) is 17.5. The molecule has 3 aliphatic rings. The molecule has 2 bridgehead atoms. The summed E-state index contributed by atoms with van der Waals surface area (Å²) in [6, 6.07) is 24.0. The summed E-state index contributed by atoms with van der Waals surface area (Å²) < 4.78 is 5.15. The highest BCUT2D eigenvalue weighted by Gasteiger charge is 2.53. The van der Waals surface area contributed by atoms with Gasteiger partial charge in [-0.2, -0.15) is 0 Å². The summed E-state index contributed by atoms with van der Waals surface area (Å²) in [7, 11) is 1.59. The van der Waals surface area contributed by atoms with E-state index in [1.807, 2.05) is 0 Å². The van der Waals surface area contributed by atoms with Gasteiger partial charge in [0.05, 0.1) is 12.5 Å². The summed E-state index contributed by atoms with van der Waals surface area (Å²) in [6.45, 7) is 2.05. The Morgan fingerprint density at radius 1 is 0.917 bits per heavy atom. The zero-order valence-corrected chi connectivity index (χ0v) is 20.8. The molecule has 0 spiro atoms. The summed E-state index contributed by atoms with van der Waals surface area (Å²) in [5.41, 5.74) is 5.36. The van der Waals surface area contributed by atoms with E-state index in [9.17, 15) is 9.59 Å². The fraction of sp³-hybridized carbons (Fsp3) is 0.207. The Labute approximate surface area is 213 Å². The van der Waals surface area contributed by atoms with Gasteiger partial charge in [-0.25, -0.2) is 4.98 Å². The first-order valence-electron chi connectivity index (χ1n) is 11.9. The summed E-state index contributed by atoms with van der Waals surface area (Å²) >= 11 is 1.25. The van der Waals surface area contributed by atoms with Crippen LogP contribution in [0.1, 0.15) is 57.9 Å². The predicted octanol–water partition coefficient (Wildman–Crippen LogP) is 6.03. The lowest BCUT2D eigenvalue weighted by Crippen LogP contribution is -2.47. The third-order valence-electron chi connectivity index (χ3n) is 7.45. The lowest BCUT2D eigenvalue weighted by molar-refractivity contribution is -0.126. The highest BCUT2D eigenvalue weighted by molar-refractivity contribution is 7.14. The van der Waals surface area contributed by atoms with Crippen molar-refractivity contribution in [2.45, 2.75) is 25.2 Å². The van der Waals surface area contributed by atoms with Gasteiger partial charge in [0.15, 0.2) is 5.13 Å². The van der Waals surface area contributed by atoms with Crippen LogP contribution >= 0.6 is 11.3 Å². The lowest BCUT2D eigenvalue weighted by atomic mass is 9.52. The molecule has 1 unspecified atom stereocenters. The molecule has 7 heteroatoms. The molecule has 1 heterocycles. The number of anilines is 2. The first kappa shape index (κ1) is 22.5. The Morgan fingerprint density at radius 2 is 1.53 bits per heavy atom. The maximum atomic E-state index is 13.8.